The summed E-state index contributed by atoms with van der Waals surface area (Å²) in [5.41, 5.74) is 0. The molecular weight excluding hydrogens is 184 g/mol. The third-order valence-corrected chi connectivity index (χ3v) is 3.34. The monoisotopic (exact) mass is 212 g/mol. The molecule has 15 heavy (non-hydrogen) atoms. The number of rotatable bonds is 8. The molecule has 2 heteroatoms. The van der Waals surface area contributed by atoms with Crippen molar-refractivity contribution in [2.24, 2.45) is 11.8 Å². The predicted octanol–water partition coefficient (Wildman–Crippen LogP) is 2.35. The van der Waals surface area contributed by atoms with E-state index in [1.807, 2.05) is 0 Å². The maximum atomic E-state index is 3.49. The van der Waals surface area contributed by atoms with Crippen molar-refractivity contribution in [2.45, 2.75) is 39.5 Å². The Hall–Kier alpha value is -0.0800. The lowest BCUT2D eigenvalue weighted by molar-refractivity contribution is 0.187. The third kappa shape index (κ3) is 5.53. The summed E-state index contributed by atoms with van der Waals surface area (Å²) in [4.78, 5) is 2.52. The second-order valence-corrected chi connectivity index (χ2v) is 5.33. The predicted molar refractivity (Wildman–Crippen MR) is 67.2 cm³/mol. The van der Waals surface area contributed by atoms with Gasteiger partial charge in [0.1, 0.15) is 0 Å². The molecule has 1 N–H and O–H groups in total. The van der Waals surface area contributed by atoms with Crippen LogP contribution in [0.2, 0.25) is 0 Å². The molecule has 90 valence electrons. The standard InChI is InChI=1S/C13H28N2/c1-4-8-14-9-12(2)10-15(3)11-13-6-5-7-13/h12-14H,4-11H2,1-3H3. The first-order valence-electron chi connectivity index (χ1n) is 6.61. The highest BCUT2D eigenvalue weighted by molar-refractivity contribution is 4.73. The van der Waals surface area contributed by atoms with Gasteiger partial charge in [0, 0.05) is 13.1 Å². The van der Waals surface area contributed by atoms with Crippen molar-refractivity contribution >= 4 is 0 Å². The van der Waals surface area contributed by atoms with Crippen LogP contribution in [0.25, 0.3) is 0 Å². The topological polar surface area (TPSA) is 15.3 Å². The van der Waals surface area contributed by atoms with Crippen molar-refractivity contribution in [2.75, 3.05) is 33.2 Å². The molecular formula is C13H28N2. The summed E-state index contributed by atoms with van der Waals surface area (Å²) >= 11 is 0. The fourth-order valence-electron chi connectivity index (χ4n) is 2.31. The maximum absolute atomic E-state index is 3.49. The molecule has 2 nitrogen and oxygen atoms in total. The minimum absolute atomic E-state index is 0.779. The van der Waals surface area contributed by atoms with E-state index in [9.17, 15) is 0 Å². The van der Waals surface area contributed by atoms with Gasteiger partial charge in [0.25, 0.3) is 0 Å². The van der Waals surface area contributed by atoms with E-state index in [0.717, 1.165) is 18.4 Å². The first kappa shape index (κ1) is 13.0. The van der Waals surface area contributed by atoms with E-state index in [4.69, 9.17) is 0 Å². The zero-order chi connectivity index (χ0) is 11.1. The van der Waals surface area contributed by atoms with Gasteiger partial charge < -0.3 is 10.2 Å². The van der Waals surface area contributed by atoms with Crippen LogP contribution in [0.3, 0.4) is 0 Å². The molecule has 0 radical (unpaired) electrons. The molecule has 0 aromatic carbocycles. The zero-order valence-corrected chi connectivity index (χ0v) is 10.8. The summed E-state index contributed by atoms with van der Waals surface area (Å²) in [6, 6.07) is 0. The SMILES string of the molecule is CCCNCC(C)CN(C)CC1CCC1. The molecule has 1 aliphatic carbocycles. The molecule has 0 aromatic rings. The lowest BCUT2D eigenvalue weighted by Crippen LogP contribution is -2.35. The largest absolute Gasteiger partial charge is 0.316 e. The molecule has 0 amide bonds. The molecule has 1 aliphatic rings. The van der Waals surface area contributed by atoms with Gasteiger partial charge in [-0.1, -0.05) is 20.3 Å². The summed E-state index contributed by atoms with van der Waals surface area (Å²) in [7, 11) is 2.27. The smallest absolute Gasteiger partial charge is 0.00162 e. The molecule has 1 unspecified atom stereocenters. The zero-order valence-electron chi connectivity index (χ0n) is 10.8. The lowest BCUT2D eigenvalue weighted by atomic mass is 9.85. The molecule has 0 aliphatic heterocycles. The number of hydrogen-bond acceptors (Lipinski definition) is 2. The van der Waals surface area contributed by atoms with Gasteiger partial charge in [0.05, 0.1) is 0 Å². The second kappa shape index (κ2) is 7.24. The number of hydrogen-bond donors (Lipinski definition) is 1. The van der Waals surface area contributed by atoms with Crippen LogP contribution < -0.4 is 5.32 Å². The highest BCUT2D eigenvalue weighted by Crippen LogP contribution is 2.26. The van der Waals surface area contributed by atoms with Crippen LogP contribution in [-0.2, 0) is 0 Å². The Kier molecular flexibility index (Phi) is 6.26. The van der Waals surface area contributed by atoms with E-state index >= 15 is 0 Å². The van der Waals surface area contributed by atoms with E-state index in [1.54, 1.807) is 0 Å². The molecule has 1 atom stereocenters. The summed E-state index contributed by atoms with van der Waals surface area (Å²) in [5.74, 6) is 1.78. The van der Waals surface area contributed by atoms with Gasteiger partial charge in [-0.05, 0) is 51.2 Å². The Bertz CT molecular complexity index is 155. The lowest BCUT2D eigenvalue weighted by Gasteiger charge is -2.31. The first-order chi connectivity index (χ1) is 7.22. The summed E-state index contributed by atoms with van der Waals surface area (Å²) in [6.45, 7) is 9.46. The van der Waals surface area contributed by atoms with Crippen LogP contribution in [0, 0.1) is 11.8 Å². The third-order valence-electron chi connectivity index (χ3n) is 3.34. The normalized spacial score (nSPS) is 19.2. The molecule has 1 fully saturated rings. The molecule has 0 spiro atoms. The molecule has 0 bridgehead atoms. The Morgan fingerprint density at radius 3 is 2.67 bits per heavy atom. The van der Waals surface area contributed by atoms with Crippen LogP contribution in [0.5, 0.6) is 0 Å². The van der Waals surface area contributed by atoms with Crippen molar-refractivity contribution < 1.29 is 0 Å². The summed E-state index contributed by atoms with van der Waals surface area (Å²) in [5, 5.41) is 3.49. The minimum Gasteiger partial charge on any atom is -0.316 e. The average molecular weight is 212 g/mol. The fourth-order valence-corrected chi connectivity index (χ4v) is 2.31. The van der Waals surface area contributed by atoms with Crippen LogP contribution in [0.4, 0.5) is 0 Å². The summed E-state index contributed by atoms with van der Waals surface area (Å²) < 4.78 is 0. The first-order valence-corrected chi connectivity index (χ1v) is 6.61. The van der Waals surface area contributed by atoms with E-state index in [1.165, 1.54) is 45.3 Å². The molecule has 1 saturated carbocycles. The maximum Gasteiger partial charge on any atom is 0.00162 e. The Morgan fingerprint density at radius 2 is 2.13 bits per heavy atom. The van der Waals surface area contributed by atoms with Gasteiger partial charge in [-0.25, -0.2) is 0 Å². The van der Waals surface area contributed by atoms with E-state index in [2.05, 4.69) is 31.1 Å². The van der Waals surface area contributed by atoms with Crippen molar-refractivity contribution in [1.82, 2.24) is 10.2 Å². The quantitative estimate of drug-likeness (QED) is 0.621. The molecule has 0 saturated heterocycles. The molecule has 0 heterocycles. The molecule has 0 aromatic heterocycles. The van der Waals surface area contributed by atoms with Crippen LogP contribution in [0.15, 0.2) is 0 Å². The number of nitrogens with one attached hydrogen (secondary N) is 1. The van der Waals surface area contributed by atoms with Crippen molar-refractivity contribution in [3.05, 3.63) is 0 Å². The van der Waals surface area contributed by atoms with Crippen molar-refractivity contribution in [3.63, 3.8) is 0 Å². The van der Waals surface area contributed by atoms with E-state index < -0.39 is 0 Å². The van der Waals surface area contributed by atoms with Gasteiger partial charge >= 0.3 is 0 Å². The van der Waals surface area contributed by atoms with Crippen molar-refractivity contribution in [1.29, 1.82) is 0 Å². The van der Waals surface area contributed by atoms with Crippen LogP contribution in [0.1, 0.15) is 39.5 Å². The van der Waals surface area contributed by atoms with Crippen molar-refractivity contribution in [3.8, 4) is 0 Å². The second-order valence-electron chi connectivity index (χ2n) is 5.33. The Morgan fingerprint density at radius 1 is 1.40 bits per heavy atom. The van der Waals surface area contributed by atoms with Gasteiger partial charge in [-0.2, -0.15) is 0 Å². The minimum atomic E-state index is 0.779. The highest BCUT2D eigenvalue weighted by atomic mass is 15.1. The number of nitrogens with zero attached hydrogens (tertiary/aromatic N) is 1. The summed E-state index contributed by atoms with van der Waals surface area (Å²) in [6.07, 6.45) is 5.64. The Labute approximate surface area is 95.4 Å². The van der Waals surface area contributed by atoms with Gasteiger partial charge in [-0.3, -0.25) is 0 Å². The van der Waals surface area contributed by atoms with Gasteiger partial charge in [0.15, 0.2) is 0 Å². The highest BCUT2D eigenvalue weighted by Gasteiger charge is 2.19. The van der Waals surface area contributed by atoms with Crippen LogP contribution >= 0.6 is 0 Å². The molecule has 1 rings (SSSR count). The fraction of sp³-hybridized carbons (Fsp3) is 1.00. The average Bonchev–Trinajstić information content (AvgIpc) is 2.12. The van der Waals surface area contributed by atoms with Crippen LogP contribution in [-0.4, -0.2) is 38.1 Å². The Balaban J connectivity index is 1.99. The van der Waals surface area contributed by atoms with E-state index in [-0.39, 0.29) is 0 Å². The van der Waals surface area contributed by atoms with Gasteiger partial charge in [0.2, 0.25) is 0 Å². The van der Waals surface area contributed by atoms with E-state index in [0.29, 0.717) is 0 Å². The van der Waals surface area contributed by atoms with Gasteiger partial charge in [-0.15, -0.1) is 0 Å².